The first-order valence-electron chi connectivity index (χ1n) is 7.08. The Labute approximate surface area is 123 Å². The van der Waals surface area contributed by atoms with Crippen molar-refractivity contribution in [3.63, 3.8) is 0 Å². The van der Waals surface area contributed by atoms with E-state index in [2.05, 4.69) is 34.3 Å². The van der Waals surface area contributed by atoms with Crippen LogP contribution >= 0.6 is 0 Å². The first kappa shape index (κ1) is 13.8. The van der Waals surface area contributed by atoms with Crippen LogP contribution in [0.5, 0.6) is 0 Å². The van der Waals surface area contributed by atoms with Crippen LogP contribution in [-0.2, 0) is 13.6 Å². The molecule has 21 heavy (non-hydrogen) atoms. The zero-order valence-electron chi connectivity index (χ0n) is 12.8. The standard InChI is InChI=1S/C15H20N6/c1-10-7-15-17-9-14(12(3)21(15)18-10)11(2)16-8-13-5-6-20(4)19-13/h5-7,9,11,16H,8H2,1-4H3. The Morgan fingerprint density at radius 1 is 1.29 bits per heavy atom. The predicted octanol–water partition coefficient (Wildman–Crippen LogP) is 1.93. The minimum Gasteiger partial charge on any atom is -0.304 e. The Kier molecular flexibility index (Phi) is 3.47. The molecule has 0 aliphatic rings. The van der Waals surface area contributed by atoms with Gasteiger partial charge in [0.25, 0.3) is 0 Å². The van der Waals surface area contributed by atoms with Crippen molar-refractivity contribution in [1.82, 2.24) is 29.7 Å². The third-order valence-corrected chi connectivity index (χ3v) is 3.71. The number of nitrogens with zero attached hydrogens (tertiary/aromatic N) is 5. The lowest BCUT2D eigenvalue weighted by Crippen LogP contribution is -2.20. The van der Waals surface area contributed by atoms with Gasteiger partial charge in [0, 0.05) is 49.4 Å². The van der Waals surface area contributed by atoms with Gasteiger partial charge in [-0.2, -0.15) is 10.2 Å². The summed E-state index contributed by atoms with van der Waals surface area (Å²) in [5.41, 5.74) is 5.18. The van der Waals surface area contributed by atoms with Crippen molar-refractivity contribution < 1.29 is 0 Å². The van der Waals surface area contributed by atoms with Crippen LogP contribution in [0.15, 0.2) is 24.5 Å². The Balaban J connectivity index is 1.80. The monoisotopic (exact) mass is 284 g/mol. The summed E-state index contributed by atoms with van der Waals surface area (Å²) in [6.45, 7) is 6.93. The zero-order chi connectivity index (χ0) is 15.0. The number of aromatic nitrogens is 5. The molecule has 1 unspecified atom stereocenters. The Bertz CT molecular complexity index is 770. The first-order chi connectivity index (χ1) is 10.0. The van der Waals surface area contributed by atoms with Crippen LogP contribution in [0.2, 0.25) is 0 Å². The highest BCUT2D eigenvalue weighted by molar-refractivity contribution is 5.42. The van der Waals surface area contributed by atoms with Crippen molar-refractivity contribution in [3.05, 3.63) is 47.2 Å². The largest absolute Gasteiger partial charge is 0.304 e. The van der Waals surface area contributed by atoms with Crippen molar-refractivity contribution >= 4 is 5.65 Å². The van der Waals surface area contributed by atoms with E-state index in [0.29, 0.717) is 0 Å². The number of hydrogen-bond donors (Lipinski definition) is 1. The van der Waals surface area contributed by atoms with Gasteiger partial charge in [-0.1, -0.05) is 0 Å². The summed E-state index contributed by atoms with van der Waals surface area (Å²) in [6.07, 6.45) is 3.88. The molecule has 110 valence electrons. The summed E-state index contributed by atoms with van der Waals surface area (Å²) in [7, 11) is 1.93. The van der Waals surface area contributed by atoms with E-state index in [-0.39, 0.29) is 6.04 Å². The Morgan fingerprint density at radius 3 is 2.81 bits per heavy atom. The highest BCUT2D eigenvalue weighted by Gasteiger charge is 2.13. The average molecular weight is 284 g/mol. The van der Waals surface area contributed by atoms with E-state index >= 15 is 0 Å². The summed E-state index contributed by atoms with van der Waals surface area (Å²) in [4.78, 5) is 4.48. The molecule has 1 N–H and O–H groups in total. The highest BCUT2D eigenvalue weighted by Crippen LogP contribution is 2.18. The molecule has 0 saturated heterocycles. The molecule has 0 aliphatic heterocycles. The quantitative estimate of drug-likeness (QED) is 0.795. The van der Waals surface area contributed by atoms with Crippen LogP contribution in [-0.4, -0.2) is 24.4 Å². The minimum atomic E-state index is 0.188. The van der Waals surface area contributed by atoms with Gasteiger partial charge >= 0.3 is 0 Å². The molecule has 0 fully saturated rings. The fourth-order valence-electron chi connectivity index (χ4n) is 2.53. The molecule has 0 amide bonds. The predicted molar refractivity (Wildman–Crippen MR) is 80.9 cm³/mol. The number of rotatable bonds is 4. The fourth-order valence-corrected chi connectivity index (χ4v) is 2.53. The van der Waals surface area contributed by atoms with Gasteiger partial charge in [-0.25, -0.2) is 9.50 Å². The number of hydrogen-bond acceptors (Lipinski definition) is 4. The lowest BCUT2D eigenvalue weighted by Gasteiger charge is -2.16. The summed E-state index contributed by atoms with van der Waals surface area (Å²) < 4.78 is 3.72. The number of fused-ring (bicyclic) bond motifs is 1. The van der Waals surface area contributed by atoms with Crippen LogP contribution in [0.3, 0.4) is 0 Å². The molecule has 3 rings (SSSR count). The van der Waals surface area contributed by atoms with Gasteiger partial charge in [0.1, 0.15) is 0 Å². The molecule has 0 aromatic carbocycles. The minimum absolute atomic E-state index is 0.188. The van der Waals surface area contributed by atoms with E-state index in [9.17, 15) is 0 Å². The second-order valence-electron chi connectivity index (χ2n) is 5.44. The molecule has 0 spiro atoms. The zero-order valence-corrected chi connectivity index (χ0v) is 12.8. The molecule has 6 nitrogen and oxygen atoms in total. The molecule has 6 heteroatoms. The van der Waals surface area contributed by atoms with Crippen LogP contribution in [0.25, 0.3) is 5.65 Å². The third-order valence-electron chi connectivity index (χ3n) is 3.71. The summed E-state index contributed by atoms with van der Waals surface area (Å²) >= 11 is 0. The molecular weight excluding hydrogens is 264 g/mol. The third kappa shape index (κ3) is 2.67. The highest BCUT2D eigenvalue weighted by atomic mass is 15.3. The summed E-state index contributed by atoms with van der Waals surface area (Å²) in [5.74, 6) is 0. The Hall–Kier alpha value is -2.21. The van der Waals surface area contributed by atoms with E-state index in [1.54, 1.807) is 0 Å². The van der Waals surface area contributed by atoms with Crippen molar-refractivity contribution in [1.29, 1.82) is 0 Å². The van der Waals surface area contributed by atoms with Crippen LogP contribution in [0, 0.1) is 13.8 Å². The maximum absolute atomic E-state index is 4.49. The molecule has 3 aromatic heterocycles. The maximum atomic E-state index is 4.49. The van der Waals surface area contributed by atoms with Gasteiger partial charge in [0.2, 0.25) is 0 Å². The van der Waals surface area contributed by atoms with E-state index in [1.165, 1.54) is 0 Å². The van der Waals surface area contributed by atoms with E-state index in [4.69, 9.17) is 0 Å². The number of nitrogens with one attached hydrogen (secondary N) is 1. The molecule has 0 bridgehead atoms. The van der Waals surface area contributed by atoms with Gasteiger partial charge in [-0.15, -0.1) is 0 Å². The van der Waals surface area contributed by atoms with Gasteiger partial charge < -0.3 is 5.32 Å². The number of aryl methyl sites for hydroxylation is 3. The molecule has 0 saturated carbocycles. The fraction of sp³-hybridized carbons (Fsp3) is 0.400. The van der Waals surface area contributed by atoms with Crippen molar-refractivity contribution in [3.8, 4) is 0 Å². The molecule has 1 atom stereocenters. The smallest absolute Gasteiger partial charge is 0.155 e. The topological polar surface area (TPSA) is 60.0 Å². The van der Waals surface area contributed by atoms with E-state index in [1.807, 2.05) is 47.7 Å². The molecule has 3 heterocycles. The molecule has 0 aliphatic carbocycles. The molecule has 0 radical (unpaired) electrons. The lowest BCUT2D eigenvalue weighted by atomic mass is 10.1. The summed E-state index contributed by atoms with van der Waals surface area (Å²) in [6, 6.07) is 4.20. The maximum Gasteiger partial charge on any atom is 0.155 e. The SMILES string of the molecule is Cc1cc2ncc(C(C)NCc3ccn(C)n3)c(C)n2n1. The second-order valence-corrected chi connectivity index (χ2v) is 5.44. The van der Waals surface area contributed by atoms with Crippen LogP contribution in [0.4, 0.5) is 0 Å². The van der Waals surface area contributed by atoms with Gasteiger partial charge in [0.15, 0.2) is 5.65 Å². The summed E-state index contributed by atoms with van der Waals surface area (Å²) in [5, 5.41) is 12.3. The normalized spacial score (nSPS) is 13.0. The van der Waals surface area contributed by atoms with Crippen molar-refractivity contribution in [2.45, 2.75) is 33.4 Å². The van der Waals surface area contributed by atoms with Crippen LogP contribution < -0.4 is 5.32 Å². The van der Waals surface area contributed by atoms with Crippen LogP contribution in [0.1, 0.15) is 35.6 Å². The van der Waals surface area contributed by atoms with Gasteiger partial charge in [-0.05, 0) is 26.8 Å². The van der Waals surface area contributed by atoms with Crippen molar-refractivity contribution in [2.75, 3.05) is 0 Å². The van der Waals surface area contributed by atoms with Gasteiger partial charge in [0.05, 0.1) is 11.4 Å². The average Bonchev–Trinajstić information content (AvgIpc) is 3.02. The molecule has 3 aromatic rings. The first-order valence-corrected chi connectivity index (χ1v) is 7.08. The second kappa shape index (κ2) is 5.29. The molecular formula is C15H20N6. The van der Waals surface area contributed by atoms with E-state index < -0.39 is 0 Å². The lowest BCUT2D eigenvalue weighted by molar-refractivity contribution is 0.553. The van der Waals surface area contributed by atoms with E-state index in [0.717, 1.165) is 34.8 Å². The van der Waals surface area contributed by atoms with Gasteiger partial charge in [-0.3, -0.25) is 4.68 Å². The Morgan fingerprint density at radius 2 is 2.10 bits per heavy atom. The van der Waals surface area contributed by atoms with Crippen molar-refractivity contribution in [2.24, 2.45) is 7.05 Å².